The fraction of sp³-hybridized carbons (Fsp3) is 0.500. The molecule has 2 aromatic heterocycles. The van der Waals surface area contributed by atoms with Gasteiger partial charge in [0.15, 0.2) is 0 Å². The van der Waals surface area contributed by atoms with Crippen LogP contribution >= 0.6 is 0 Å². The van der Waals surface area contributed by atoms with Crippen molar-refractivity contribution >= 4 is 17.0 Å². The minimum atomic E-state index is -0.0829. The number of rotatable bonds is 2. The quantitative estimate of drug-likeness (QED) is 0.863. The largest absolute Gasteiger partial charge is 0.348 e. The van der Waals surface area contributed by atoms with E-state index < -0.39 is 0 Å². The summed E-state index contributed by atoms with van der Waals surface area (Å²) in [6, 6.07) is 1.97. The minimum absolute atomic E-state index is 0.0829. The summed E-state index contributed by atoms with van der Waals surface area (Å²) in [6.07, 6.45) is 2.09. The molecule has 0 aliphatic carbocycles. The Labute approximate surface area is 116 Å². The molecule has 3 heterocycles. The zero-order chi connectivity index (χ0) is 14.1. The number of carbonyl (C=O) groups is 1. The topological polar surface area (TPSA) is 80.0 Å². The second-order valence-electron chi connectivity index (χ2n) is 5.28. The van der Waals surface area contributed by atoms with Gasteiger partial charge in [0.1, 0.15) is 0 Å². The highest BCUT2D eigenvalue weighted by molar-refractivity contribution is 6.06. The highest BCUT2D eigenvalue weighted by atomic mass is 16.5. The highest BCUT2D eigenvalue weighted by Crippen LogP contribution is 2.22. The molecular formula is C14H18N4O2. The Morgan fingerprint density at radius 1 is 1.50 bits per heavy atom. The molecule has 1 saturated heterocycles. The maximum Gasteiger partial charge on any atom is 0.258 e. The van der Waals surface area contributed by atoms with Crippen LogP contribution in [-0.4, -0.2) is 35.2 Å². The average molecular weight is 274 g/mol. The lowest BCUT2D eigenvalue weighted by atomic mass is 10.1. The van der Waals surface area contributed by atoms with Crippen molar-refractivity contribution in [2.24, 2.45) is 0 Å². The third kappa shape index (κ3) is 2.38. The first-order valence-corrected chi connectivity index (χ1v) is 6.90. The van der Waals surface area contributed by atoms with Crippen molar-refractivity contribution in [2.45, 2.75) is 32.7 Å². The van der Waals surface area contributed by atoms with Crippen LogP contribution in [0.25, 0.3) is 11.1 Å². The second kappa shape index (κ2) is 5.20. The number of pyridine rings is 1. The smallest absolute Gasteiger partial charge is 0.258 e. The summed E-state index contributed by atoms with van der Waals surface area (Å²) in [5, 5.41) is 11.0. The summed E-state index contributed by atoms with van der Waals surface area (Å²) in [6.45, 7) is 5.51. The Kier molecular flexibility index (Phi) is 3.40. The van der Waals surface area contributed by atoms with Gasteiger partial charge in [0, 0.05) is 18.3 Å². The van der Waals surface area contributed by atoms with Crippen molar-refractivity contribution in [2.75, 3.05) is 13.1 Å². The molecule has 0 radical (unpaired) electrons. The maximum atomic E-state index is 12.5. The van der Waals surface area contributed by atoms with Crippen LogP contribution in [0.15, 0.2) is 10.6 Å². The molecule has 0 spiro atoms. The Bertz CT molecular complexity index is 644. The Morgan fingerprint density at radius 3 is 3.10 bits per heavy atom. The SMILES string of the molecule is Cc1cc(C(=O)NC2CCCNC2)c2c(C)noc2n1. The Morgan fingerprint density at radius 2 is 2.35 bits per heavy atom. The highest BCUT2D eigenvalue weighted by Gasteiger charge is 2.21. The van der Waals surface area contributed by atoms with E-state index in [1.807, 2.05) is 13.8 Å². The van der Waals surface area contributed by atoms with Crippen LogP contribution in [0.5, 0.6) is 0 Å². The Hall–Kier alpha value is -1.95. The molecule has 2 aromatic rings. The lowest BCUT2D eigenvalue weighted by Crippen LogP contribution is -2.45. The predicted molar refractivity (Wildman–Crippen MR) is 74.6 cm³/mol. The molecule has 0 bridgehead atoms. The molecule has 3 rings (SSSR count). The van der Waals surface area contributed by atoms with Crippen LogP contribution in [0, 0.1) is 13.8 Å². The van der Waals surface area contributed by atoms with Crippen LogP contribution in [0.2, 0.25) is 0 Å². The van der Waals surface area contributed by atoms with E-state index >= 15 is 0 Å². The van der Waals surface area contributed by atoms with Crippen LogP contribution in [-0.2, 0) is 0 Å². The molecule has 0 aromatic carbocycles. The number of carbonyl (C=O) groups excluding carboxylic acids is 1. The van der Waals surface area contributed by atoms with E-state index in [1.165, 1.54) is 0 Å². The predicted octanol–water partition coefficient (Wildman–Crippen LogP) is 1.32. The fourth-order valence-corrected chi connectivity index (χ4v) is 2.63. The molecule has 2 N–H and O–H groups in total. The second-order valence-corrected chi connectivity index (χ2v) is 5.28. The number of aromatic nitrogens is 2. The van der Waals surface area contributed by atoms with Crippen LogP contribution in [0.1, 0.15) is 34.6 Å². The molecule has 6 heteroatoms. The number of amides is 1. The molecule has 1 unspecified atom stereocenters. The monoisotopic (exact) mass is 274 g/mol. The molecule has 1 aliphatic heterocycles. The van der Waals surface area contributed by atoms with E-state index in [0.29, 0.717) is 22.4 Å². The molecule has 6 nitrogen and oxygen atoms in total. The third-order valence-corrected chi connectivity index (χ3v) is 3.62. The third-order valence-electron chi connectivity index (χ3n) is 3.62. The summed E-state index contributed by atoms with van der Waals surface area (Å²) in [5.74, 6) is -0.0829. The van der Waals surface area contributed by atoms with Gasteiger partial charge in [-0.25, -0.2) is 4.98 Å². The van der Waals surface area contributed by atoms with Gasteiger partial charge >= 0.3 is 0 Å². The van der Waals surface area contributed by atoms with E-state index in [0.717, 1.165) is 31.6 Å². The van der Waals surface area contributed by atoms with Gasteiger partial charge in [0.05, 0.1) is 16.6 Å². The summed E-state index contributed by atoms with van der Waals surface area (Å²) >= 11 is 0. The van der Waals surface area contributed by atoms with Gasteiger partial charge in [0.2, 0.25) is 0 Å². The first kappa shape index (κ1) is 13.1. The van der Waals surface area contributed by atoms with Gasteiger partial charge in [-0.05, 0) is 39.3 Å². The summed E-state index contributed by atoms with van der Waals surface area (Å²) in [4.78, 5) is 16.8. The molecule has 1 fully saturated rings. The van der Waals surface area contributed by atoms with Crippen molar-refractivity contribution in [3.05, 3.63) is 23.0 Å². The average Bonchev–Trinajstić information content (AvgIpc) is 2.80. The van der Waals surface area contributed by atoms with Crippen molar-refractivity contribution in [1.29, 1.82) is 0 Å². The van der Waals surface area contributed by atoms with Gasteiger partial charge in [0.25, 0.3) is 11.6 Å². The number of nitrogens with one attached hydrogen (secondary N) is 2. The summed E-state index contributed by atoms with van der Waals surface area (Å²) in [7, 11) is 0. The van der Waals surface area contributed by atoms with Crippen LogP contribution < -0.4 is 10.6 Å². The van der Waals surface area contributed by atoms with Crippen LogP contribution in [0.4, 0.5) is 0 Å². The number of hydrogen-bond donors (Lipinski definition) is 2. The van der Waals surface area contributed by atoms with Crippen molar-refractivity contribution < 1.29 is 9.32 Å². The number of fused-ring (bicyclic) bond motifs is 1. The molecule has 0 saturated carbocycles. The van der Waals surface area contributed by atoms with Gasteiger partial charge in [-0.2, -0.15) is 0 Å². The van der Waals surface area contributed by atoms with Gasteiger partial charge in [-0.1, -0.05) is 5.16 Å². The first-order valence-electron chi connectivity index (χ1n) is 6.90. The molecule has 1 amide bonds. The minimum Gasteiger partial charge on any atom is -0.348 e. The summed E-state index contributed by atoms with van der Waals surface area (Å²) in [5.41, 5.74) is 2.46. The van der Waals surface area contributed by atoms with Crippen molar-refractivity contribution in [3.63, 3.8) is 0 Å². The first-order chi connectivity index (χ1) is 9.65. The standard InChI is InChI=1S/C14H18N4O2/c1-8-6-11(12-9(2)18-20-14(12)16-8)13(19)17-10-4-3-5-15-7-10/h6,10,15H,3-5,7H2,1-2H3,(H,17,19). The molecule has 1 atom stereocenters. The zero-order valence-corrected chi connectivity index (χ0v) is 11.7. The lowest BCUT2D eigenvalue weighted by Gasteiger charge is -2.23. The zero-order valence-electron chi connectivity index (χ0n) is 11.7. The molecular weight excluding hydrogens is 256 g/mol. The molecule has 20 heavy (non-hydrogen) atoms. The van der Waals surface area contributed by atoms with Gasteiger partial charge in [-0.3, -0.25) is 4.79 Å². The number of hydrogen-bond acceptors (Lipinski definition) is 5. The van der Waals surface area contributed by atoms with E-state index in [2.05, 4.69) is 20.8 Å². The number of piperidine rings is 1. The fourth-order valence-electron chi connectivity index (χ4n) is 2.63. The maximum absolute atomic E-state index is 12.5. The van der Waals surface area contributed by atoms with E-state index in [9.17, 15) is 4.79 Å². The van der Waals surface area contributed by atoms with E-state index in [-0.39, 0.29) is 11.9 Å². The summed E-state index contributed by atoms with van der Waals surface area (Å²) < 4.78 is 5.16. The lowest BCUT2D eigenvalue weighted by molar-refractivity contribution is 0.0932. The van der Waals surface area contributed by atoms with Crippen LogP contribution in [0.3, 0.4) is 0 Å². The number of nitrogens with zero attached hydrogens (tertiary/aromatic N) is 2. The Balaban J connectivity index is 1.92. The molecule has 106 valence electrons. The van der Waals surface area contributed by atoms with Gasteiger partial charge < -0.3 is 15.2 Å². The normalized spacial score (nSPS) is 19.2. The van der Waals surface area contributed by atoms with Gasteiger partial charge in [-0.15, -0.1) is 0 Å². The van der Waals surface area contributed by atoms with E-state index in [1.54, 1.807) is 6.07 Å². The molecule has 1 aliphatic rings. The van der Waals surface area contributed by atoms with Crippen molar-refractivity contribution in [1.82, 2.24) is 20.8 Å². The van der Waals surface area contributed by atoms with Crippen molar-refractivity contribution in [3.8, 4) is 0 Å². The number of aryl methyl sites for hydroxylation is 2. The van der Waals surface area contributed by atoms with E-state index in [4.69, 9.17) is 4.52 Å².